The SMILES string of the molecule is O=C(/C=C/c1cc(Br)ccc1F)N1CCN(CCO)CC1. The molecule has 1 aliphatic heterocycles. The van der Waals surface area contributed by atoms with Crippen molar-refractivity contribution in [2.75, 3.05) is 39.3 Å². The smallest absolute Gasteiger partial charge is 0.246 e. The van der Waals surface area contributed by atoms with E-state index in [1.165, 1.54) is 18.2 Å². The maximum Gasteiger partial charge on any atom is 0.246 e. The monoisotopic (exact) mass is 356 g/mol. The molecule has 4 nitrogen and oxygen atoms in total. The Morgan fingerprint density at radius 1 is 1.33 bits per heavy atom. The summed E-state index contributed by atoms with van der Waals surface area (Å²) in [6.07, 6.45) is 2.91. The van der Waals surface area contributed by atoms with E-state index in [1.54, 1.807) is 17.0 Å². The molecule has 1 aromatic rings. The molecule has 0 atom stereocenters. The van der Waals surface area contributed by atoms with Gasteiger partial charge in [-0.25, -0.2) is 4.39 Å². The summed E-state index contributed by atoms with van der Waals surface area (Å²) in [4.78, 5) is 15.9. The van der Waals surface area contributed by atoms with Gasteiger partial charge in [0.2, 0.25) is 5.91 Å². The number of nitrogens with zero attached hydrogens (tertiary/aromatic N) is 2. The van der Waals surface area contributed by atoms with E-state index in [1.807, 2.05) is 0 Å². The minimum atomic E-state index is -0.352. The summed E-state index contributed by atoms with van der Waals surface area (Å²) in [7, 11) is 0. The molecule has 0 bridgehead atoms. The third-order valence-electron chi connectivity index (χ3n) is 3.46. The molecule has 0 unspecified atom stereocenters. The molecule has 1 amide bonds. The van der Waals surface area contributed by atoms with Gasteiger partial charge in [0.05, 0.1) is 6.61 Å². The quantitative estimate of drug-likeness (QED) is 0.835. The first-order valence-electron chi connectivity index (χ1n) is 6.85. The van der Waals surface area contributed by atoms with Gasteiger partial charge in [-0.05, 0) is 24.3 Å². The Hall–Kier alpha value is -1.24. The largest absolute Gasteiger partial charge is 0.395 e. The van der Waals surface area contributed by atoms with Crippen LogP contribution in [0.5, 0.6) is 0 Å². The van der Waals surface area contributed by atoms with E-state index >= 15 is 0 Å². The maximum atomic E-state index is 13.6. The van der Waals surface area contributed by atoms with Crippen molar-refractivity contribution in [1.29, 1.82) is 0 Å². The molecule has 0 aliphatic carbocycles. The summed E-state index contributed by atoms with van der Waals surface area (Å²) < 4.78 is 14.3. The Morgan fingerprint density at radius 2 is 2.05 bits per heavy atom. The van der Waals surface area contributed by atoms with Crippen molar-refractivity contribution in [3.8, 4) is 0 Å². The highest BCUT2D eigenvalue weighted by Crippen LogP contribution is 2.17. The second-order valence-corrected chi connectivity index (χ2v) is 5.81. The van der Waals surface area contributed by atoms with Crippen LogP contribution in [-0.2, 0) is 4.79 Å². The van der Waals surface area contributed by atoms with Crippen molar-refractivity contribution >= 4 is 27.9 Å². The molecule has 0 radical (unpaired) electrons. The number of β-amino-alcohol motifs (C(OH)–C–C–N with tert-alkyl or cyclic N) is 1. The van der Waals surface area contributed by atoms with E-state index in [0.717, 1.165) is 17.6 Å². The van der Waals surface area contributed by atoms with Crippen LogP contribution in [0.3, 0.4) is 0 Å². The van der Waals surface area contributed by atoms with Gasteiger partial charge in [-0.2, -0.15) is 0 Å². The van der Waals surface area contributed by atoms with Crippen LogP contribution < -0.4 is 0 Å². The Balaban J connectivity index is 1.93. The van der Waals surface area contributed by atoms with E-state index < -0.39 is 0 Å². The molecular formula is C15H18BrFN2O2. The van der Waals surface area contributed by atoms with Gasteiger partial charge in [0.15, 0.2) is 0 Å². The summed E-state index contributed by atoms with van der Waals surface area (Å²) in [6, 6.07) is 4.62. The van der Waals surface area contributed by atoms with Crippen LogP contribution in [-0.4, -0.2) is 60.1 Å². The van der Waals surface area contributed by atoms with Crippen LogP contribution in [0.1, 0.15) is 5.56 Å². The first-order valence-corrected chi connectivity index (χ1v) is 7.64. The molecule has 0 saturated carbocycles. The molecule has 1 aliphatic rings. The van der Waals surface area contributed by atoms with Gasteiger partial charge in [0.1, 0.15) is 5.82 Å². The van der Waals surface area contributed by atoms with Crippen LogP contribution in [0.4, 0.5) is 4.39 Å². The minimum Gasteiger partial charge on any atom is -0.395 e. The number of rotatable bonds is 4. The molecule has 2 rings (SSSR count). The zero-order chi connectivity index (χ0) is 15.2. The highest BCUT2D eigenvalue weighted by Gasteiger charge is 2.18. The summed E-state index contributed by atoms with van der Waals surface area (Å²) >= 11 is 3.28. The van der Waals surface area contributed by atoms with Gasteiger partial charge in [0, 0.05) is 48.8 Å². The van der Waals surface area contributed by atoms with Crippen LogP contribution >= 0.6 is 15.9 Å². The average Bonchev–Trinajstić information content (AvgIpc) is 2.49. The van der Waals surface area contributed by atoms with Crippen molar-refractivity contribution in [3.63, 3.8) is 0 Å². The van der Waals surface area contributed by atoms with Crippen LogP contribution in [0.25, 0.3) is 6.08 Å². The molecule has 1 N–H and O–H groups in total. The lowest BCUT2D eigenvalue weighted by atomic mass is 10.2. The molecule has 1 fully saturated rings. The summed E-state index contributed by atoms with van der Waals surface area (Å²) in [6.45, 7) is 3.54. The van der Waals surface area contributed by atoms with Crippen molar-refractivity contribution in [2.24, 2.45) is 0 Å². The Morgan fingerprint density at radius 3 is 2.71 bits per heavy atom. The molecule has 6 heteroatoms. The van der Waals surface area contributed by atoms with Gasteiger partial charge >= 0.3 is 0 Å². The Kier molecular flexibility index (Phi) is 5.90. The van der Waals surface area contributed by atoms with Crippen molar-refractivity contribution in [2.45, 2.75) is 0 Å². The number of benzene rings is 1. The zero-order valence-corrected chi connectivity index (χ0v) is 13.2. The number of piperazine rings is 1. The number of halogens is 2. The minimum absolute atomic E-state index is 0.113. The molecule has 1 saturated heterocycles. The number of carbonyl (C=O) groups excluding carboxylic acids is 1. The average molecular weight is 357 g/mol. The van der Waals surface area contributed by atoms with Crippen molar-refractivity contribution < 1.29 is 14.3 Å². The molecule has 1 heterocycles. The van der Waals surface area contributed by atoms with Crippen molar-refractivity contribution in [1.82, 2.24) is 9.80 Å². The maximum absolute atomic E-state index is 13.6. The zero-order valence-electron chi connectivity index (χ0n) is 11.6. The first-order chi connectivity index (χ1) is 10.1. The fourth-order valence-electron chi connectivity index (χ4n) is 2.24. The first kappa shape index (κ1) is 16.1. The lowest BCUT2D eigenvalue weighted by molar-refractivity contribution is -0.127. The van der Waals surface area contributed by atoms with Gasteiger partial charge < -0.3 is 10.0 Å². The second-order valence-electron chi connectivity index (χ2n) is 4.89. The van der Waals surface area contributed by atoms with E-state index in [2.05, 4.69) is 20.8 Å². The van der Waals surface area contributed by atoms with Crippen LogP contribution in [0.2, 0.25) is 0 Å². The predicted molar refractivity (Wildman–Crippen MR) is 83.2 cm³/mol. The normalized spacial score (nSPS) is 16.6. The molecular weight excluding hydrogens is 339 g/mol. The standard InChI is InChI=1S/C15H18BrFN2O2/c16-13-2-3-14(17)12(11-13)1-4-15(21)19-7-5-18(6-8-19)9-10-20/h1-4,11,20H,5-10H2/b4-1+. The molecule has 1 aromatic carbocycles. The summed E-state index contributed by atoms with van der Waals surface area (Å²) in [5, 5.41) is 8.88. The number of carbonyl (C=O) groups is 1. The number of amides is 1. The number of hydrogen-bond donors (Lipinski definition) is 1. The lowest BCUT2D eigenvalue weighted by Crippen LogP contribution is -2.48. The molecule has 114 valence electrons. The Labute approximate surface area is 132 Å². The van der Waals surface area contributed by atoms with E-state index in [-0.39, 0.29) is 18.3 Å². The third-order valence-corrected chi connectivity index (χ3v) is 3.96. The van der Waals surface area contributed by atoms with Gasteiger partial charge in [-0.15, -0.1) is 0 Å². The highest BCUT2D eigenvalue weighted by atomic mass is 79.9. The van der Waals surface area contributed by atoms with Gasteiger partial charge in [-0.1, -0.05) is 15.9 Å². The molecule has 0 spiro atoms. The number of hydrogen-bond acceptors (Lipinski definition) is 3. The van der Waals surface area contributed by atoms with E-state index in [4.69, 9.17) is 5.11 Å². The van der Waals surface area contributed by atoms with Gasteiger partial charge in [0.25, 0.3) is 0 Å². The Bertz CT molecular complexity index is 528. The number of aliphatic hydroxyl groups is 1. The summed E-state index contributed by atoms with van der Waals surface area (Å²) in [5.74, 6) is -0.465. The second kappa shape index (κ2) is 7.68. The predicted octanol–water partition coefficient (Wildman–Crippen LogP) is 1.74. The fourth-order valence-corrected chi connectivity index (χ4v) is 2.62. The van der Waals surface area contributed by atoms with E-state index in [9.17, 15) is 9.18 Å². The topological polar surface area (TPSA) is 43.8 Å². The van der Waals surface area contributed by atoms with Crippen LogP contribution in [0.15, 0.2) is 28.7 Å². The van der Waals surface area contributed by atoms with E-state index in [0.29, 0.717) is 25.2 Å². The number of aliphatic hydroxyl groups excluding tert-OH is 1. The van der Waals surface area contributed by atoms with Crippen LogP contribution in [0, 0.1) is 5.82 Å². The lowest BCUT2D eigenvalue weighted by Gasteiger charge is -2.33. The molecule has 0 aromatic heterocycles. The third kappa shape index (κ3) is 4.62. The fraction of sp³-hybridized carbons (Fsp3) is 0.400. The van der Waals surface area contributed by atoms with Gasteiger partial charge in [-0.3, -0.25) is 9.69 Å². The highest BCUT2D eigenvalue weighted by molar-refractivity contribution is 9.10. The summed E-state index contributed by atoms with van der Waals surface area (Å²) in [5.41, 5.74) is 0.386. The van der Waals surface area contributed by atoms with Crippen molar-refractivity contribution in [3.05, 3.63) is 40.1 Å². The molecule has 21 heavy (non-hydrogen) atoms.